The number of aromatic nitrogens is 1. The predicted molar refractivity (Wildman–Crippen MR) is 117 cm³/mol. The summed E-state index contributed by atoms with van der Waals surface area (Å²) in [6, 6.07) is 4.20. The molecule has 0 aliphatic carbocycles. The molecule has 1 aromatic heterocycles. The van der Waals surface area contributed by atoms with Crippen molar-refractivity contribution in [2.45, 2.75) is 33.7 Å². The molecule has 7 nitrogen and oxygen atoms in total. The number of nitrogens with zero attached hydrogens (tertiary/aromatic N) is 4. The number of nitrogens with one attached hydrogen (secondary N) is 2. The highest BCUT2D eigenvalue weighted by Gasteiger charge is 2.15. The fourth-order valence-corrected chi connectivity index (χ4v) is 2.94. The standard InChI is InChI=1S/C21H38N6O/c1-5-22-21(24-9-15-28-14-7-18(2)3)25-17-19-6-8-23-20(16-19)27-12-10-26(4)11-13-27/h6,8,16,18H,5,7,9-15,17H2,1-4H3,(H2,22,24,25). The molecule has 158 valence electrons. The maximum atomic E-state index is 5.66. The van der Waals surface area contributed by atoms with Gasteiger partial charge in [-0.05, 0) is 44.0 Å². The number of rotatable bonds is 10. The normalized spacial score (nSPS) is 15.9. The van der Waals surface area contributed by atoms with Crippen LogP contribution in [0.5, 0.6) is 0 Å². The van der Waals surface area contributed by atoms with Crippen LogP contribution in [-0.2, 0) is 11.3 Å². The second kappa shape index (κ2) is 12.6. The van der Waals surface area contributed by atoms with E-state index in [9.17, 15) is 0 Å². The summed E-state index contributed by atoms with van der Waals surface area (Å²) in [7, 11) is 2.17. The van der Waals surface area contributed by atoms with Crippen molar-refractivity contribution in [3.05, 3.63) is 23.9 Å². The smallest absolute Gasteiger partial charge is 0.191 e. The SMILES string of the molecule is CCNC(=NCc1ccnc(N2CCN(C)CC2)c1)NCCOCCC(C)C. The van der Waals surface area contributed by atoms with Gasteiger partial charge in [-0.3, -0.25) is 0 Å². The second-order valence-corrected chi connectivity index (χ2v) is 7.73. The zero-order valence-corrected chi connectivity index (χ0v) is 18.1. The lowest BCUT2D eigenvalue weighted by Crippen LogP contribution is -2.44. The van der Waals surface area contributed by atoms with Gasteiger partial charge in [0.05, 0.1) is 13.2 Å². The van der Waals surface area contributed by atoms with Crippen LogP contribution in [0.25, 0.3) is 0 Å². The van der Waals surface area contributed by atoms with Crippen LogP contribution in [0.15, 0.2) is 23.3 Å². The van der Waals surface area contributed by atoms with Gasteiger partial charge in [0, 0.05) is 52.1 Å². The van der Waals surface area contributed by atoms with Crippen molar-refractivity contribution >= 4 is 11.8 Å². The summed E-state index contributed by atoms with van der Waals surface area (Å²) in [6.07, 6.45) is 2.99. The fourth-order valence-electron chi connectivity index (χ4n) is 2.94. The lowest BCUT2D eigenvalue weighted by atomic mass is 10.1. The molecule has 2 N–H and O–H groups in total. The Morgan fingerprint density at radius 3 is 2.71 bits per heavy atom. The minimum absolute atomic E-state index is 0.632. The molecule has 0 bridgehead atoms. The second-order valence-electron chi connectivity index (χ2n) is 7.73. The maximum Gasteiger partial charge on any atom is 0.191 e. The largest absolute Gasteiger partial charge is 0.380 e. The van der Waals surface area contributed by atoms with Gasteiger partial charge in [0.15, 0.2) is 5.96 Å². The first kappa shape index (κ1) is 22.4. The number of likely N-dealkylation sites (N-methyl/N-ethyl adjacent to an activating group) is 1. The lowest BCUT2D eigenvalue weighted by molar-refractivity contribution is 0.128. The first-order chi connectivity index (χ1) is 13.6. The van der Waals surface area contributed by atoms with Gasteiger partial charge < -0.3 is 25.2 Å². The number of pyridine rings is 1. The topological polar surface area (TPSA) is 65.0 Å². The Balaban J connectivity index is 1.82. The number of piperazine rings is 1. The van der Waals surface area contributed by atoms with E-state index >= 15 is 0 Å². The molecular weight excluding hydrogens is 352 g/mol. The molecule has 0 atom stereocenters. The van der Waals surface area contributed by atoms with E-state index < -0.39 is 0 Å². The van der Waals surface area contributed by atoms with E-state index in [4.69, 9.17) is 9.73 Å². The van der Waals surface area contributed by atoms with Crippen LogP contribution in [0.1, 0.15) is 32.8 Å². The summed E-state index contributed by atoms with van der Waals surface area (Å²) in [5.41, 5.74) is 1.18. The third-order valence-corrected chi connectivity index (χ3v) is 4.78. The Morgan fingerprint density at radius 1 is 1.21 bits per heavy atom. The predicted octanol–water partition coefficient (Wildman–Crippen LogP) is 1.95. The first-order valence-electron chi connectivity index (χ1n) is 10.6. The number of anilines is 1. The Labute approximate surface area is 170 Å². The van der Waals surface area contributed by atoms with Crippen LogP contribution < -0.4 is 15.5 Å². The molecule has 2 rings (SSSR count). The van der Waals surface area contributed by atoms with Gasteiger partial charge in [-0.15, -0.1) is 0 Å². The summed E-state index contributed by atoms with van der Waals surface area (Å²) in [5, 5.41) is 6.64. The Hall–Kier alpha value is -1.86. The maximum absolute atomic E-state index is 5.66. The molecule has 2 heterocycles. The zero-order chi connectivity index (χ0) is 20.2. The third kappa shape index (κ3) is 8.44. The number of hydrogen-bond donors (Lipinski definition) is 2. The van der Waals surface area contributed by atoms with Gasteiger partial charge >= 0.3 is 0 Å². The number of hydrogen-bond acceptors (Lipinski definition) is 5. The van der Waals surface area contributed by atoms with Crippen molar-refractivity contribution in [2.75, 3.05) is 64.4 Å². The summed E-state index contributed by atoms with van der Waals surface area (Å²) in [6.45, 7) is 14.5. The van der Waals surface area contributed by atoms with Crippen molar-refractivity contribution in [1.29, 1.82) is 0 Å². The molecule has 28 heavy (non-hydrogen) atoms. The highest BCUT2D eigenvalue weighted by atomic mass is 16.5. The van der Waals surface area contributed by atoms with E-state index in [1.165, 1.54) is 5.56 Å². The summed E-state index contributed by atoms with van der Waals surface area (Å²) in [5.74, 6) is 2.56. The Kier molecular flexibility index (Phi) is 10.1. The summed E-state index contributed by atoms with van der Waals surface area (Å²) >= 11 is 0. The molecule has 0 amide bonds. The molecule has 1 aliphatic heterocycles. The van der Waals surface area contributed by atoms with Crippen molar-refractivity contribution in [3.8, 4) is 0 Å². The van der Waals surface area contributed by atoms with E-state index in [2.05, 4.69) is 59.3 Å². The van der Waals surface area contributed by atoms with Gasteiger partial charge in [-0.2, -0.15) is 0 Å². The average Bonchev–Trinajstić information content (AvgIpc) is 2.69. The highest BCUT2D eigenvalue weighted by Crippen LogP contribution is 2.15. The van der Waals surface area contributed by atoms with Gasteiger partial charge in [0.1, 0.15) is 5.82 Å². The quantitative estimate of drug-likeness (QED) is 0.362. The average molecular weight is 391 g/mol. The van der Waals surface area contributed by atoms with Gasteiger partial charge in [-0.25, -0.2) is 9.98 Å². The molecule has 1 aliphatic rings. The van der Waals surface area contributed by atoms with Crippen LogP contribution in [-0.4, -0.2) is 75.4 Å². The summed E-state index contributed by atoms with van der Waals surface area (Å²) in [4.78, 5) is 14.0. The Morgan fingerprint density at radius 2 is 2.00 bits per heavy atom. The van der Waals surface area contributed by atoms with E-state index in [1.807, 2.05) is 12.3 Å². The van der Waals surface area contributed by atoms with Gasteiger partial charge in [0.25, 0.3) is 0 Å². The van der Waals surface area contributed by atoms with Crippen LogP contribution in [0.3, 0.4) is 0 Å². The van der Waals surface area contributed by atoms with Crippen LogP contribution in [0.2, 0.25) is 0 Å². The van der Waals surface area contributed by atoms with Gasteiger partial charge in [0.2, 0.25) is 0 Å². The van der Waals surface area contributed by atoms with Crippen molar-refractivity contribution in [3.63, 3.8) is 0 Å². The number of aliphatic imine (C=N–C) groups is 1. The van der Waals surface area contributed by atoms with Crippen molar-refractivity contribution in [2.24, 2.45) is 10.9 Å². The molecule has 1 saturated heterocycles. The van der Waals surface area contributed by atoms with Crippen molar-refractivity contribution in [1.82, 2.24) is 20.5 Å². The molecule has 0 spiro atoms. The van der Waals surface area contributed by atoms with Crippen LogP contribution in [0.4, 0.5) is 5.82 Å². The minimum Gasteiger partial charge on any atom is -0.380 e. The zero-order valence-electron chi connectivity index (χ0n) is 18.1. The molecule has 0 radical (unpaired) electrons. The van der Waals surface area contributed by atoms with Crippen LogP contribution in [0, 0.1) is 5.92 Å². The highest BCUT2D eigenvalue weighted by molar-refractivity contribution is 5.79. The Bertz CT molecular complexity index is 584. The summed E-state index contributed by atoms with van der Waals surface area (Å²) < 4.78 is 5.66. The molecule has 1 fully saturated rings. The van der Waals surface area contributed by atoms with E-state index in [-0.39, 0.29) is 0 Å². The monoisotopic (exact) mass is 390 g/mol. The van der Waals surface area contributed by atoms with Crippen LogP contribution >= 0.6 is 0 Å². The van der Waals surface area contributed by atoms with E-state index in [0.29, 0.717) is 19.1 Å². The lowest BCUT2D eigenvalue weighted by Gasteiger charge is -2.33. The fraction of sp³-hybridized carbons (Fsp3) is 0.714. The number of guanidine groups is 1. The third-order valence-electron chi connectivity index (χ3n) is 4.78. The number of ether oxygens (including phenoxy) is 1. The first-order valence-corrected chi connectivity index (χ1v) is 10.6. The van der Waals surface area contributed by atoms with Crippen molar-refractivity contribution < 1.29 is 4.74 Å². The molecule has 0 unspecified atom stereocenters. The molecule has 1 aromatic rings. The van der Waals surface area contributed by atoms with Gasteiger partial charge in [-0.1, -0.05) is 13.8 Å². The molecule has 0 aromatic carbocycles. The molecular formula is C21H38N6O. The minimum atomic E-state index is 0.632. The molecule has 7 heteroatoms. The van der Waals surface area contributed by atoms with E-state index in [0.717, 1.165) is 64.1 Å². The van der Waals surface area contributed by atoms with E-state index in [1.54, 1.807) is 0 Å². The molecule has 0 saturated carbocycles.